The molecule has 0 bridgehead atoms. The second-order valence-electron chi connectivity index (χ2n) is 15.9. The molecule has 0 fully saturated rings. The number of aromatic nitrogens is 12. The first-order valence-electron chi connectivity index (χ1n) is 20.4. The number of sulfone groups is 2. The number of ether oxygens (including phenoxy) is 3. The number of nitrogens with zero attached hydrogens (tertiary/aromatic N) is 10. The number of carbonyl (C=O) groups is 3. The maximum absolute atomic E-state index is 12.3. The number of rotatable bonds is 19. The summed E-state index contributed by atoms with van der Waals surface area (Å²) in [6, 6.07) is 0. The minimum atomic E-state index is -3.44. The Bertz CT molecular complexity index is 2870. The molecule has 0 amide bonds. The Hall–Kier alpha value is -7.42. The number of carboxylic acids is 1. The number of H-pyrrole nitrogens is 2. The lowest BCUT2D eigenvalue weighted by Gasteiger charge is -2.15. The van der Waals surface area contributed by atoms with E-state index in [0.717, 1.165) is 23.8 Å². The largest absolute Gasteiger partial charge is 0.479 e. The van der Waals surface area contributed by atoms with Crippen molar-refractivity contribution in [3.05, 3.63) is 99.3 Å². The molecule has 0 atom stereocenters. The van der Waals surface area contributed by atoms with Crippen LogP contribution in [-0.4, -0.2) is 142 Å². The predicted octanol–water partition coefficient (Wildman–Crippen LogP) is 1.70. The number of hydrogen-bond donors (Lipinski definition) is 3. The number of hydrogen-bond acceptors (Lipinski definition) is 19. The van der Waals surface area contributed by atoms with E-state index in [2.05, 4.69) is 44.9 Å². The average molecular weight is 985 g/mol. The van der Waals surface area contributed by atoms with E-state index >= 15 is 0 Å². The molecule has 0 unspecified atom stereocenters. The molecule has 6 aromatic heterocycles. The summed E-state index contributed by atoms with van der Waals surface area (Å²) in [5.74, 6) is -2.69. The minimum Gasteiger partial charge on any atom is -0.479 e. The lowest BCUT2D eigenvalue weighted by Crippen LogP contribution is -2.25. The molecule has 25 nitrogen and oxygen atoms in total. The smallest absolute Gasteiger partial charge is 0.341 e. The van der Waals surface area contributed by atoms with Gasteiger partial charge < -0.3 is 19.3 Å². The lowest BCUT2D eigenvalue weighted by molar-refractivity contribution is -0.139. The number of aryl methyl sites for hydroxylation is 1. The molecule has 6 rings (SSSR count). The molecule has 6 aromatic rings. The zero-order valence-corrected chi connectivity index (χ0v) is 40.2. The first kappa shape index (κ1) is 53.2. The van der Waals surface area contributed by atoms with Crippen LogP contribution >= 0.6 is 0 Å². The van der Waals surface area contributed by atoms with E-state index in [4.69, 9.17) is 19.3 Å². The van der Waals surface area contributed by atoms with Gasteiger partial charge in [-0.2, -0.15) is 15.0 Å². The maximum atomic E-state index is 12.3. The fourth-order valence-corrected chi connectivity index (χ4v) is 7.39. The molecular formula is C41H52N12O13S2. The van der Waals surface area contributed by atoms with E-state index in [1.807, 2.05) is 20.8 Å². The molecule has 366 valence electrons. The van der Waals surface area contributed by atoms with Crippen molar-refractivity contribution < 1.29 is 50.5 Å². The van der Waals surface area contributed by atoms with Gasteiger partial charge in [-0.25, -0.2) is 41.6 Å². The van der Waals surface area contributed by atoms with Gasteiger partial charge in [-0.3, -0.25) is 42.8 Å². The van der Waals surface area contributed by atoms with Crippen molar-refractivity contribution in [2.24, 2.45) is 0 Å². The molecule has 0 saturated carbocycles. The standard InChI is InChI=1S/2C14H18N4O5S.C13H16N4O3/c2*1-9(2)11-12(20)16-14(18-5-4-15-8-18)17-13(11)23-6-10(19)7-24(3,21)22;1-8(2)11-9(3)15-13(17-5-4-14-7-17)16-12(11)20-6-10(18)19/h2*4-5,8-9H,6-7H2,1-3H3,(H,16,17,20);4-5,7-8H,6H2,1-3H3,(H,18,19). The second kappa shape index (κ2) is 23.3. The summed E-state index contributed by atoms with van der Waals surface area (Å²) in [5, 5.41) is 8.74. The van der Waals surface area contributed by atoms with Gasteiger partial charge in [0.1, 0.15) is 43.7 Å². The Morgan fingerprint density at radius 2 is 0.956 bits per heavy atom. The van der Waals surface area contributed by atoms with Gasteiger partial charge in [-0.1, -0.05) is 41.5 Å². The molecular weight excluding hydrogens is 933 g/mol. The summed E-state index contributed by atoms with van der Waals surface area (Å²) in [6.45, 7) is 11.6. The van der Waals surface area contributed by atoms with E-state index in [1.165, 1.54) is 34.2 Å². The maximum Gasteiger partial charge on any atom is 0.341 e. The van der Waals surface area contributed by atoms with E-state index in [1.54, 1.807) is 63.4 Å². The van der Waals surface area contributed by atoms with Gasteiger partial charge >= 0.3 is 5.97 Å². The third-order valence-electron chi connectivity index (χ3n) is 8.79. The number of imidazole rings is 3. The third kappa shape index (κ3) is 15.9. The van der Waals surface area contributed by atoms with Crippen LogP contribution in [0.3, 0.4) is 0 Å². The van der Waals surface area contributed by atoms with Crippen LogP contribution in [0.4, 0.5) is 0 Å². The van der Waals surface area contributed by atoms with Crippen LogP contribution in [0.5, 0.6) is 17.6 Å². The van der Waals surface area contributed by atoms with Crippen LogP contribution in [0.1, 0.15) is 81.7 Å². The van der Waals surface area contributed by atoms with Crippen LogP contribution in [0.25, 0.3) is 17.8 Å². The summed E-state index contributed by atoms with van der Waals surface area (Å²) in [7, 11) is -6.87. The highest BCUT2D eigenvalue weighted by Crippen LogP contribution is 2.28. The van der Waals surface area contributed by atoms with E-state index in [-0.39, 0.29) is 52.5 Å². The quantitative estimate of drug-likeness (QED) is 0.104. The fraction of sp³-hybridized carbons (Fsp3) is 0.415. The average Bonchev–Trinajstić information content (AvgIpc) is 4.05. The van der Waals surface area contributed by atoms with E-state index < -0.39 is 79.7 Å². The van der Waals surface area contributed by atoms with Gasteiger partial charge in [0.05, 0.1) is 16.8 Å². The van der Waals surface area contributed by atoms with Gasteiger partial charge in [0, 0.05) is 55.3 Å². The summed E-state index contributed by atoms with van der Waals surface area (Å²) in [5.41, 5.74) is 1.36. The zero-order chi connectivity index (χ0) is 50.5. The number of carboxylic acid groups (broad SMARTS) is 1. The van der Waals surface area contributed by atoms with Gasteiger partial charge in [0.25, 0.3) is 11.1 Å². The van der Waals surface area contributed by atoms with Crippen LogP contribution in [0.2, 0.25) is 0 Å². The number of aromatic amines is 2. The number of carbonyl (C=O) groups excluding carboxylic acids is 2. The van der Waals surface area contributed by atoms with Gasteiger partial charge in [-0.15, -0.1) is 0 Å². The SMILES string of the molecule is CC(C)c1c(OCC(=O)CS(C)(=O)=O)nc(-n2ccnc2)[nH]c1=O.CC(C)c1c(OCC(=O)CS(C)(=O)=O)nc(-n2ccnc2)[nH]c1=O.Cc1nc(-n2ccnc2)nc(OCC(=O)O)c1C(C)C. The molecule has 68 heavy (non-hydrogen) atoms. The van der Waals surface area contributed by atoms with E-state index in [0.29, 0.717) is 11.8 Å². The molecule has 0 spiro atoms. The first-order valence-corrected chi connectivity index (χ1v) is 24.6. The molecule has 6 heterocycles. The van der Waals surface area contributed by atoms with Crippen molar-refractivity contribution in [3.8, 4) is 35.5 Å². The Balaban J connectivity index is 0.000000223. The van der Waals surface area contributed by atoms with Gasteiger partial charge in [0.2, 0.25) is 35.5 Å². The zero-order valence-electron chi connectivity index (χ0n) is 38.6. The monoisotopic (exact) mass is 984 g/mol. The van der Waals surface area contributed by atoms with Crippen molar-refractivity contribution in [2.45, 2.75) is 66.2 Å². The highest BCUT2D eigenvalue weighted by molar-refractivity contribution is 7.91. The second-order valence-corrected chi connectivity index (χ2v) is 20.2. The summed E-state index contributed by atoms with van der Waals surface area (Å²) in [6.07, 6.45) is 16.0. The fourth-order valence-electron chi connectivity index (χ4n) is 6.06. The van der Waals surface area contributed by atoms with Crippen molar-refractivity contribution in [3.63, 3.8) is 0 Å². The van der Waals surface area contributed by atoms with Crippen LogP contribution in [-0.2, 0) is 34.1 Å². The van der Waals surface area contributed by atoms with Crippen molar-refractivity contribution in [2.75, 3.05) is 43.8 Å². The predicted molar refractivity (Wildman–Crippen MR) is 244 cm³/mol. The van der Waals surface area contributed by atoms with Crippen LogP contribution in [0.15, 0.2) is 65.8 Å². The Morgan fingerprint density at radius 3 is 1.29 bits per heavy atom. The highest BCUT2D eigenvalue weighted by Gasteiger charge is 2.22. The highest BCUT2D eigenvalue weighted by atomic mass is 32.2. The minimum absolute atomic E-state index is 0.000647. The number of ketones is 2. The molecule has 0 aliphatic rings. The molecule has 0 aliphatic heterocycles. The molecule has 3 N–H and O–H groups in total. The van der Waals surface area contributed by atoms with Crippen molar-refractivity contribution >= 4 is 37.2 Å². The molecule has 0 radical (unpaired) electrons. The number of Topliss-reactive ketones (excluding diaryl/α,β-unsaturated/α-hetero) is 2. The van der Waals surface area contributed by atoms with Crippen molar-refractivity contribution in [1.29, 1.82) is 0 Å². The lowest BCUT2D eigenvalue weighted by atomic mass is 10.0. The Kier molecular flexibility index (Phi) is 18.3. The molecule has 0 aliphatic carbocycles. The normalized spacial score (nSPS) is 11.4. The Labute approximate surface area is 389 Å². The molecule has 0 saturated heterocycles. The van der Waals surface area contributed by atoms with Gasteiger partial charge in [-0.05, 0) is 24.7 Å². The van der Waals surface area contributed by atoms with E-state index in [9.17, 15) is 40.8 Å². The van der Waals surface area contributed by atoms with Crippen molar-refractivity contribution in [1.82, 2.24) is 58.6 Å². The summed E-state index contributed by atoms with van der Waals surface area (Å²) >= 11 is 0. The summed E-state index contributed by atoms with van der Waals surface area (Å²) in [4.78, 5) is 92.6. The van der Waals surface area contributed by atoms with Gasteiger partial charge in [0.15, 0.2) is 37.8 Å². The first-order chi connectivity index (χ1) is 31.8. The van der Waals surface area contributed by atoms with Crippen LogP contribution < -0.4 is 25.3 Å². The summed E-state index contributed by atoms with van der Waals surface area (Å²) < 4.78 is 65.1. The molecule has 0 aromatic carbocycles. The molecule has 27 heteroatoms. The number of nitrogens with one attached hydrogen (secondary N) is 2. The Morgan fingerprint density at radius 1 is 0.588 bits per heavy atom. The number of aliphatic carboxylic acids is 1. The topological polar surface area (TPSA) is 338 Å². The van der Waals surface area contributed by atoms with Crippen LogP contribution in [0, 0.1) is 6.92 Å². The third-order valence-corrected chi connectivity index (χ3v) is 10.5.